The fraction of sp³-hybridized carbons (Fsp3) is 0.500. The summed E-state index contributed by atoms with van der Waals surface area (Å²) in [4.78, 5) is 0. The quantitative estimate of drug-likeness (QED) is 0.607. The standard InChI is InChI=1S/C12H15N/c1-9-3-2-4-12-11(9)7-8-13(12)10-5-6-10/h4,7-8,10H,2-3,5-6H2,1H3. The van der Waals surface area contributed by atoms with Gasteiger partial charge in [-0.1, -0.05) is 11.6 Å². The van der Waals surface area contributed by atoms with E-state index < -0.39 is 0 Å². The summed E-state index contributed by atoms with van der Waals surface area (Å²) in [6.45, 7) is 2.27. The molecule has 3 rings (SSSR count). The molecule has 2 aliphatic carbocycles. The van der Waals surface area contributed by atoms with Crippen LogP contribution in [0.4, 0.5) is 0 Å². The summed E-state index contributed by atoms with van der Waals surface area (Å²) in [5.74, 6) is 0. The summed E-state index contributed by atoms with van der Waals surface area (Å²) in [5.41, 5.74) is 1.57. The number of rotatable bonds is 1. The van der Waals surface area contributed by atoms with Crippen LogP contribution in [-0.4, -0.2) is 4.57 Å². The Morgan fingerprint density at radius 2 is 2.23 bits per heavy atom. The second-order valence-corrected chi connectivity index (χ2v) is 4.28. The lowest BCUT2D eigenvalue weighted by Crippen LogP contribution is -2.31. The zero-order chi connectivity index (χ0) is 8.84. The predicted octanol–water partition coefficient (Wildman–Crippen LogP) is 1.57. The van der Waals surface area contributed by atoms with Crippen molar-refractivity contribution >= 4 is 11.6 Å². The Hall–Kier alpha value is -0.980. The predicted molar refractivity (Wildman–Crippen MR) is 54.7 cm³/mol. The highest BCUT2D eigenvalue weighted by atomic mass is 15.0. The Balaban J connectivity index is 2.31. The van der Waals surface area contributed by atoms with Gasteiger partial charge in [0.15, 0.2) is 0 Å². The summed E-state index contributed by atoms with van der Waals surface area (Å²) in [6.07, 6.45) is 9.92. The highest BCUT2D eigenvalue weighted by Crippen LogP contribution is 2.33. The molecule has 0 bridgehead atoms. The van der Waals surface area contributed by atoms with Gasteiger partial charge in [0, 0.05) is 17.6 Å². The molecule has 1 aromatic rings. The fourth-order valence-corrected chi connectivity index (χ4v) is 2.27. The van der Waals surface area contributed by atoms with E-state index in [0.29, 0.717) is 0 Å². The topological polar surface area (TPSA) is 4.93 Å². The summed E-state index contributed by atoms with van der Waals surface area (Å²) in [6, 6.07) is 3.12. The minimum Gasteiger partial charge on any atom is -0.345 e. The van der Waals surface area contributed by atoms with E-state index in [9.17, 15) is 0 Å². The molecule has 0 aliphatic heterocycles. The van der Waals surface area contributed by atoms with Crippen LogP contribution in [0.25, 0.3) is 11.6 Å². The van der Waals surface area contributed by atoms with Crippen LogP contribution in [0.3, 0.4) is 0 Å². The van der Waals surface area contributed by atoms with Gasteiger partial charge < -0.3 is 4.57 Å². The number of fused-ring (bicyclic) bond motifs is 1. The van der Waals surface area contributed by atoms with Crippen LogP contribution in [0.1, 0.15) is 38.6 Å². The number of hydrogen-bond acceptors (Lipinski definition) is 0. The average Bonchev–Trinajstić information content (AvgIpc) is 2.87. The van der Waals surface area contributed by atoms with Crippen LogP contribution in [-0.2, 0) is 0 Å². The van der Waals surface area contributed by atoms with Gasteiger partial charge in [0.2, 0.25) is 0 Å². The smallest absolute Gasteiger partial charge is 0.0441 e. The third-order valence-corrected chi connectivity index (χ3v) is 3.21. The van der Waals surface area contributed by atoms with Gasteiger partial charge in [0.1, 0.15) is 0 Å². The second kappa shape index (κ2) is 2.50. The van der Waals surface area contributed by atoms with Gasteiger partial charge in [-0.05, 0) is 43.9 Å². The van der Waals surface area contributed by atoms with E-state index >= 15 is 0 Å². The van der Waals surface area contributed by atoms with Crippen molar-refractivity contribution in [3.63, 3.8) is 0 Å². The Morgan fingerprint density at radius 1 is 1.38 bits per heavy atom. The van der Waals surface area contributed by atoms with Gasteiger partial charge >= 0.3 is 0 Å². The largest absolute Gasteiger partial charge is 0.345 e. The third kappa shape index (κ3) is 1.06. The first-order valence-corrected chi connectivity index (χ1v) is 5.23. The molecule has 1 heteroatoms. The van der Waals surface area contributed by atoms with Crippen molar-refractivity contribution in [1.82, 2.24) is 4.57 Å². The molecule has 1 nitrogen and oxygen atoms in total. The van der Waals surface area contributed by atoms with Gasteiger partial charge in [0.25, 0.3) is 0 Å². The van der Waals surface area contributed by atoms with Crippen molar-refractivity contribution in [2.45, 2.75) is 38.6 Å². The molecule has 68 valence electrons. The molecular formula is C12H15N. The molecule has 0 radical (unpaired) electrons. The van der Waals surface area contributed by atoms with Crippen LogP contribution >= 0.6 is 0 Å². The first kappa shape index (κ1) is 7.43. The second-order valence-electron chi connectivity index (χ2n) is 4.28. The van der Waals surface area contributed by atoms with E-state index in [4.69, 9.17) is 0 Å². The van der Waals surface area contributed by atoms with Crippen molar-refractivity contribution in [2.24, 2.45) is 0 Å². The Morgan fingerprint density at radius 3 is 3.00 bits per heavy atom. The Bertz CT molecular complexity index is 446. The molecule has 0 saturated heterocycles. The van der Waals surface area contributed by atoms with E-state index in [0.717, 1.165) is 6.04 Å². The van der Waals surface area contributed by atoms with Gasteiger partial charge in [-0.15, -0.1) is 0 Å². The highest BCUT2D eigenvalue weighted by molar-refractivity contribution is 5.48. The summed E-state index contributed by atoms with van der Waals surface area (Å²) >= 11 is 0. The van der Waals surface area contributed by atoms with Gasteiger partial charge in [-0.25, -0.2) is 0 Å². The van der Waals surface area contributed by atoms with Gasteiger partial charge in [-0.3, -0.25) is 0 Å². The molecular weight excluding hydrogens is 158 g/mol. The maximum Gasteiger partial charge on any atom is 0.0441 e. The van der Waals surface area contributed by atoms with Gasteiger partial charge in [-0.2, -0.15) is 0 Å². The van der Waals surface area contributed by atoms with E-state index in [-0.39, 0.29) is 0 Å². The monoisotopic (exact) mass is 173 g/mol. The SMILES string of the molecule is CC1=c2ccn(C3CC3)c2=CCC1. The van der Waals surface area contributed by atoms with Crippen LogP contribution < -0.4 is 10.6 Å². The molecule has 0 amide bonds. The highest BCUT2D eigenvalue weighted by Gasteiger charge is 2.23. The first-order valence-electron chi connectivity index (χ1n) is 5.23. The Kier molecular flexibility index (Phi) is 1.43. The average molecular weight is 173 g/mol. The van der Waals surface area contributed by atoms with E-state index in [1.165, 1.54) is 36.3 Å². The maximum absolute atomic E-state index is 2.47. The molecule has 1 aromatic heterocycles. The summed E-state index contributed by atoms with van der Waals surface area (Å²) in [5, 5.41) is 2.99. The molecule has 1 saturated carbocycles. The van der Waals surface area contributed by atoms with Crippen molar-refractivity contribution in [3.8, 4) is 0 Å². The molecule has 0 atom stereocenters. The molecule has 0 unspecified atom stereocenters. The molecule has 0 aromatic carbocycles. The van der Waals surface area contributed by atoms with Crippen LogP contribution in [0.5, 0.6) is 0 Å². The number of aromatic nitrogens is 1. The zero-order valence-corrected chi connectivity index (χ0v) is 8.09. The van der Waals surface area contributed by atoms with Crippen LogP contribution in [0.15, 0.2) is 12.3 Å². The number of hydrogen-bond donors (Lipinski definition) is 0. The van der Waals surface area contributed by atoms with E-state index in [1.54, 1.807) is 5.57 Å². The number of nitrogens with zero attached hydrogens (tertiary/aromatic N) is 1. The zero-order valence-electron chi connectivity index (χ0n) is 8.09. The molecule has 0 spiro atoms. The fourth-order valence-electron chi connectivity index (χ4n) is 2.27. The van der Waals surface area contributed by atoms with Crippen molar-refractivity contribution in [2.75, 3.05) is 0 Å². The van der Waals surface area contributed by atoms with Crippen molar-refractivity contribution < 1.29 is 0 Å². The summed E-state index contributed by atoms with van der Waals surface area (Å²) < 4.78 is 2.47. The lowest BCUT2D eigenvalue weighted by molar-refractivity contribution is 0.719. The van der Waals surface area contributed by atoms with Crippen LogP contribution in [0.2, 0.25) is 0 Å². The molecule has 1 heterocycles. The van der Waals surface area contributed by atoms with Crippen molar-refractivity contribution in [3.05, 3.63) is 22.8 Å². The van der Waals surface area contributed by atoms with Crippen molar-refractivity contribution in [1.29, 1.82) is 0 Å². The first-order chi connectivity index (χ1) is 6.36. The van der Waals surface area contributed by atoms with Gasteiger partial charge in [0.05, 0.1) is 0 Å². The maximum atomic E-state index is 2.47. The van der Waals surface area contributed by atoms with E-state index in [2.05, 4.69) is 29.8 Å². The Labute approximate surface area is 78.4 Å². The molecule has 0 N–H and O–H groups in total. The van der Waals surface area contributed by atoms with E-state index in [1.807, 2.05) is 0 Å². The lowest BCUT2D eigenvalue weighted by Gasteiger charge is -2.05. The molecule has 13 heavy (non-hydrogen) atoms. The molecule has 1 fully saturated rings. The molecule has 2 aliphatic rings. The minimum atomic E-state index is 0.825. The minimum absolute atomic E-state index is 0.825. The summed E-state index contributed by atoms with van der Waals surface area (Å²) in [7, 11) is 0. The third-order valence-electron chi connectivity index (χ3n) is 3.21. The normalized spacial score (nSPS) is 21.2. The lowest BCUT2D eigenvalue weighted by atomic mass is 10.1. The van der Waals surface area contributed by atoms with Crippen LogP contribution in [0, 0.1) is 0 Å².